The van der Waals surface area contributed by atoms with E-state index in [1.165, 1.54) is 12.1 Å². The van der Waals surface area contributed by atoms with Gasteiger partial charge in [-0.2, -0.15) is 0 Å². The number of hydrogen-bond donors (Lipinski definition) is 1. The van der Waals surface area contributed by atoms with Crippen LogP contribution in [0.4, 0.5) is 0 Å². The summed E-state index contributed by atoms with van der Waals surface area (Å²) in [6, 6.07) is 9.46. The van der Waals surface area contributed by atoms with Crippen molar-refractivity contribution in [2.24, 2.45) is 0 Å². The van der Waals surface area contributed by atoms with Gasteiger partial charge < -0.3 is 9.64 Å². The number of pyridine rings is 1. The molecule has 1 fully saturated rings. The molecule has 8 heteroatoms. The fraction of sp³-hybridized carbons (Fsp3) is 0.294. The molecule has 7 nitrogen and oxygen atoms in total. The van der Waals surface area contributed by atoms with Gasteiger partial charge in [-0.05, 0) is 42.0 Å². The number of rotatable bonds is 5. The topological polar surface area (TPSA) is 88.6 Å². The number of benzene rings is 1. The SMILES string of the molecule is O=C(c1ccc(S(=O)(=O)NCc2ccncc2)cc1)N1CCOCC1. The zero-order chi connectivity index (χ0) is 17.7. The van der Waals surface area contributed by atoms with Crippen molar-refractivity contribution in [2.75, 3.05) is 26.3 Å². The number of amides is 1. The molecular weight excluding hydrogens is 342 g/mol. The molecule has 2 heterocycles. The zero-order valence-corrected chi connectivity index (χ0v) is 14.4. The van der Waals surface area contributed by atoms with Crippen molar-refractivity contribution < 1.29 is 17.9 Å². The molecule has 0 spiro atoms. The number of sulfonamides is 1. The first kappa shape index (κ1) is 17.5. The smallest absolute Gasteiger partial charge is 0.254 e. The Bertz CT molecular complexity index is 817. The minimum absolute atomic E-state index is 0.114. The second-order valence-corrected chi connectivity index (χ2v) is 7.38. The molecule has 0 aliphatic carbocycles. The Hall–Kier alpha value is -2.29. The highest BCUT2D eigenvalue weighted by Crippen LogP contribution is 2.13. The summed E-state index contributed by atoms with van der Waals surface area (Å²) < 4.78 is 32.5. The molecule has 1 saturated heterocycles. The minimum Gasteiger partial charge on any atom is -0.378 e. The maximum atomic E-state index is 12.4. The first-order valence-corrected chi connectivity index (χ1v) is 9.40. The van der Waals surface area contributed by atoms with E-state index >= 15 is 0 Å². The molecule has 0 atom stereocenters. The molecule has 3 rings (SSSR count). The van der Waals surface area contributed by atoms with Gasteiger partial charge in [-0.1, -0.05) is 0 Å². The molecule has 2 aromatic rings. The highest BCUT2D eigenvalue weighted by molar-refractivity contribution is 7.89. The summed E-state index contributed by atoms with van der Waals surface area (Å²) in [4.78, 5) is 18.1. The van der Waals surface area contributed by atoms with Gasteiger partial charge in [0.1, 0.15) is 0 Å². The standard InChI is InChI=1S/C17H19N3O4S/c21-17(20-9-11-24-12-10-20)15-1-3-16(4-2-15)25(22,23)19-13-14-5-7-18-8-6-14/h1-8,19H,9-13H2. The molecule has 1 aliphatic rings. The molecule has 0 saturated carbocycles. The number of nitrogens with zero attached hydrogens (tertiary/aromatic N) is 2. The minimum atomic E-state index is -3.64. The molecule has 1 N–H and O–H groups in total. The van der Waals surface area contributed by atoms with E-state index in [1.54, 1.807) is 41.6 Å². The van der Waals surface area contributed by atoms with Crippen molar-refractivity contribution in [3.05, 3.63) is 59.9 Å². The van der Waals surface area contributed by atoms with Crippen LogP contribution in [0.25, 0.3) is 0 Å². The van der Waals surface area contributed by atoms with Crippen molar-refractivity contribution in [2.45, 2.75) is 11.4 Å². The van der Waals surface area contributed by atoms with Crippen molar-refractivity contribution in [3.8, 4) is 0 Å². The number of morpholine rings is 1. The summed E-state index contributed by atoms with van der Waals surface area (Å²) in [6.07, 6.45) is 3.21. The summed E-state index contributed by atoms with van der Waals surface area (Å²) in [5.74, 6) is -0.114. The van der Waals surface area contributed by atoms with Crippen LogP contribution in [-0.2, 0) is 21.3 Å². The van der Waals surface area contributed by atoms with Crippen LogP contribution in [-0.4, -0.2) is 50.5 Å². The maximum absolute atomic E-state index is 12.4. The van der Waals surface area contributed by atoms with Crippen LogP contribution < -0.4 is 4.72 Å². The Kier molecular flexibility index (Phi) is 5.42. The number of carbonyl (C=O) groups is 1. The third-order valence-corrected chi connectivity index (χ3v) is 5.34. The Morgan fingerprint density at radius 1 is 1.08 bits per heavy atom. The number of ether oxygens (including phenoxy) is 1. The summed E-state index contributed by atoms with van der Waals surface area (Å²) in [5, 5.41) is 0. The molecule has 1 aromatic heterocycles. The first-order valence-electron chi connectivity index (χ1n) is 7.92. The highest BCUT2D eigenvalue weighted by atomic mass is 32.2. The van der Waals surface area contributed by atoms with Gasteiger partial charge in [0, 0.05) is 37.6 Å². The average molecular weight is 361 g/mol. The number of carbonyl (C=O) groups excluding carboxylic acids is 1. The summed E-state index contributed by atoms with van der Waals surface area (Å²) in [7, 11) is -3.64. The average Bonchev–Trinajstić information content (AvgIpc) is 2.67. The van der Waals surface area contributed by atoms with Gasteiger partial charge in [0.05, 0.1) is 18.1 Å². The van der Waals surface area contributed by atoms with Gasteiger partial charge in [0.2, 0.25) is 10.0 Å². The van der Waals surface area contributed by atoms with Crippen LogP contribution in [0.5, 0.6) is 0 Å². The second-order valence-electron chi connectivity index (χ2n) is 5.61. The van der Waals surface area contributed by atoms with E-state index in [-0.39, 0.29) is 17.3 Å². The zero-order valence-electron chi connectivity index (χ0n) is 13.6. The fourth-order valence-corrected chi connectivity index (χ4v) is 3.51. The van der Waals surface area contributed by atoms with E-state index in [9.17, 15) is 13.2 Å². The summed E-state index contributed by atoms with van der Waals surface area (Å²) in [6.45, 7) is 2.33. The van der Waals surface area contributed by atoms with E-state index < -0.39 is 10.0 Å². The summed E-state index contributed by atoms with van der Waals surface area (Å²) in [5.41, 5.74) is 1.28. The predicted molar refractivity (Wildman–Crippen MR) is 91.4 cm³/mol. The normalized spacial score (nSPS) is 15.1. The lowest BCUT2D eigenvalue weighted by atomic mass is 10.2. The van der Waals surface area contributed by atoms with Crippen LogP contribution in [0, 0.1) is 0 Å². The van der Waals surface area contributed by atoms with Crippen molar-refractivity contribution in [1.29, 1.82) is 0 Å². The van der Waals surface area contributed by atoms with Gasteiger partial charge in [0.25, 0.3) is 5.91 Å². The van der Waals surface area contributed by atoms with Crippen LogP contribution in [0.2, 0.25) is 0 Å². The van der Waals surface area contributed by atoms with E-state index in [0.717, 1.165) is 5.56 Å². The summed E-state index contributed by atoms with van der Waals surface area (Å²) >= 11 is 0. The van der Waals surface area contributed by atoms with Gasteiger partial charge in [-0.3, -0.25) is 9.78 Å². The molecular formula is C17H19N3O4S. The van der Waals surface area contributed by atoms with Gasteiger partial charge >= 0.3 is 0 Å². The fourth-order valence-electron chi connectivity index (χ4n) is 2.49. The molecule has 0 radical (unpaired) electrons. The molecule has 25 heavy (non-hydrogen) atoms. The third-order valence-electron chi connectivity index (χ3n) is 3.93. The highest BCUT2D eigenvalue weighted by Gasteiger charge is 2.20. The second kappa shape index (κ2) is 7.73. The van der Waals surface area contributed by atoms with Gasteiger partial charge in [-0.15, -0.1) is 0 Å². The first-order chi connectivity index (χ1) is 12.1. The third kappa shape index (κ3) is 4.41. The Morgan fingerprint density at radius 3 is 2.36 bits per heavy atom. The van der Waals surface area contributed by atoms with Crippen LogP contribution >= 0.6 is 0 Å². The number of nitrogens with one attached hydrogen (secondary N) is 1. The lowest BCUT2D eigenvalue weighted by molar-refractivity contribution is 0.0303. The molecule has 132 valence electrons. The largest absolute Gasteiger partial charge is 0.378 e. The van der Waals surface area contributed by atoms with E-state index in [4.69, 9.17) is 4.74 Å². The Morgan fingerprint density at radius 2 is 1.72 bits per heavy atom. The van der Waals surface area contributed by atoms with Gasteiger partial charge in [0.15, 0.2) is 0 Å². The molecule has 0 unspecified atom stereocenters. The monoisotopic (exact) mass is 361 g/mol. The lowest BCUT2D eigenvalue weighted by Crippen LogP contribution is -2.40. The van der Waals surface area contributed by atoms with Crippen LogP contribution in [0.1, 0.15) is 15.9 Å². The van der Waals surface area contributed by atoms with E-state index in [1.807, 2.05) is 0 Å². The molecule has 0 bridgehead atoms. The Labute approximate surface area is 146 Å². The van der Waals surface area contributed by atoms with E-state index in [2.05, 4.69) is 9.71 Å². The van der Waals surface area contributed by atoms with Crippen molar-refractivity contribution >= 4 is 15.9 Å². The molecule has 1 aliphatic heterocycles. The van der Waals surface area contributed by atoms with Crippen molar-refractivity contribution in [1.82, 2.24) is 14.6 Å². The number of hydrogen-bond acceptors (Lipinski definition) is 5. The van der Waals surface area contributed by atoms with E-state index in [0.29, 0.717) is 31.9 Å². The molecule has 1 aromatic carbocycles. The van der Waals surface area contributed by atoms with Crippen molar-refractivity contribution in [3.63, 3.8) is 0 Å². The van der Waals surface area contributed by atoms with Crippen LogP contribution in [0.15, 0.2) is 53.7 Å². The predicted octanol–water partition coefficient (Wildman–Crippen LogP) is 1.03. The molecule has 1 amide bonds. The van der Waals surface area contributed by atoms with Crippen LogP contribution in [0.3, 0.4) is 0 Å². The number of aromatic nitrogens is 1. The Balaban J connectivity index is 1.67. The quantitative estimate of drug-likeness (QED) is 0.859. The lowest BCUT2D eigenvalue weighted by Gasteiger charge is -2.26. The maximum Gasteiger partial charge on any atom is 0.254 e. The van der Waals surface area contributed by atoms with Gasteiger partial charge in [-0.25, -0.2) is 13.1 Å².